The Bertz CT molecular complexity index is 868. The number of aromatic hydroxyl groups is 1. The summed E-state index contributed by atoms with van der Waals surface area (Å²) in [5.74, 6) is 1.05. The maximum absolute atomic E-state index is 9.69. The molecule has 6 heteroatoms. The third-order valence-electron chi connectivity index (χ3n) is 3.95. The summed E-state index contributed by atoms with van der Waals surface area (Å²) in [6, 6.07) is 12.3. The van der Waals surface area contributed by atoms with Crippen LogP contribution >= 0.6 is 0 Å². The molecule has 1 aliphatic rings. The first-order chi connectivity index (χ1) is 11.6. The standard InChI is InChI=1S/C18H16N2O4/c1-22-14-5-3-4-12(17(14)23-2)16-11-7-6-10(21)8-15(11)24-18(20)13(16)9-19/h3-8,16,21H,20H2,1-2H3/t16-/m0/s1. The molecule has 1 heterocycles. The monoisotopic (exact) mass is 324 g/mol. The zero-order valence-electron chi connectivity index (χ0n) is 13.2. The number of phenolic OH excluding ortho intramolecular Hbond substituents is 1. The van der Waals surface area contributed by atoms with Gasteiger partial charge in [0.15, 0.2) is 11.5 Å². The van der Waals surface area contributed by atoms with E-state index in [1.54, 1.807) is 25.3 Å². The predicted molar refractivity (Wildman–Crippen MR) is 87.0 cm³/mol. The lowest BCUT2D eigenvalue weighted by Gasteiger charge is -2.27. The first kappa shape index (κ1) is 15.6. The third kappa shape index (κ3) is 2.36. The highest BCUT2D eigenvalue weighted by molar-refractivity contribution is 5.61. The molecule has 0 unspecified atom stereocenters. The summed E-state index contributed by atoms with van der Waals surface area (Å²) >= 11 is 0. The van der Waals surface area contributed by atoms with Gasteiger partial charge in [0.2, 0.25) is 5.88 Å². The zero-order chi connectivity index (χ0) is 17.3. The third-order valence-corrected chi connectivity index (χ3v) is 3.95. The largest absolute Gasteiger partial charge is 0.508 e. The minimum absolute atomic E-state index is 0.00507. The Kier molecular flexibility index (Phi) is 3.92. The molecule has 2 aromatic rings. The van der Waals surface area contributed by atoms with Gasteiger partial charge in [0.25, 0.3) is 0 Å². The molecule has 0 fully saturated rings. The molecule has 0 amide bonds. The van der Waals surface area contributed by atoms with Crippen LogP contribution in [0.15, 0.2) is 47.9 Å². The minimum atomic E-state index is -0.482. The Hall–Kier alpha value is -3.33. The van der Waals surface area contributed by atoms with Gasteiger partial charge in [-0.05, 0) is 12.1 Å². The number of nitrogens with zero attached hydrogens (tertiary/aromatic N) is 1. The van der Waals surface area contributed by atoms with E-state index >= 15 is 0 Å². The maximum atomic E-state index is 9.69. The number of ether oxygens (including phenoxy) is 3. The van der Waals surface area contributed by atoms with Gasteiger partial charge < -0.3 is 25.1 Å². The topological polar surface area (TPSA) is 97.7 Å². The fourth-order valence-electron chi connectivity index (χ4n) is 2.90. The fourth-order valence-corrected chi connectivity index (χ4v) is 2.90. The lowest BCUT2D eigenvalue weighted by atomic mass is 9.83. The second-order valence-corrected chi connectivity index (χ2v) is 5.23. The van der Waals surface area contributed by atoms with E-state index in [9.17, 15) is 10.4 Å². The predicted octanol–water partition coefficient (Wildman–Crippen LogP) is 2.63. The lowest BCUT2D eigenvalue weighted by molar-refractivity contribution is 0.349. The highest BCUT2D eigenvalue weighted by atomic mass is 16.5. The van der Waals surface area contributed by atoms with Gasteiger partial charge in [-0.1, -0.05) is 18.2 Å². The molecule has 0 radical (unpaired) electrons. The Morgan fingerprint density at radius 1 is 1.17 bits per heavy atom. The molecular formula is C18H16N2O4. The molecule has 1 atom stereocenters. The van der Waals surface area contributed by atoms with Crippen LogP contribution in [0.2, 0.25) is 0 Å². The van der Waals surface area contributed by atoms with Crippen LogP contribution in [0.25, 0.3) is 0 Å². The van der Waals surface area contributed by atoms with E-state index in [-0.39, 0.29) is 17.2 Å². The number of rotatable bonds is 3. The summed E-state index contributed by atoms with van der Waals surface area (Å²) < 4.78 is 16.3. The molecule has 2 aromatic carbocycles. The Morgan fingerprint density at radius 2 is 1.96 bits per heavy atom. The second-order valence-electron chi connectivity index (χ2n) is 5.23. The average molecular weight is 324 g/mol. The lowest BCUT2D eigenvalue weighted by Crippen LogP contribution is -2.21. The summed E-state index contributed by atoms with van der Waals surface area (Å²) in [5.41, 5.74) is 7.64. The van der Waals surface area contributed by atoms with E-state index in [1.807, 2.05) is 12.1 Å². The highest BCUT2D eigenvalue weighted by Crippen LogP contribution is 2.47. The fraction of sp³-hybridized carbons (Fsp3) is 0.167. The number of benzene rings is 2. The van der Waals surface area contributed by atoms with Crippen molar-refractivity contribution < 1.29 is 19.3 Å². The van der Waals surface area contributed by atoms with Gasteiger partial charge in [0.05, 0.1) is 20.1 Å². The number of hydrogen-bond donors (Lipinski definition) is 2. The first-order valence-corrected chi connectivity index (χ1v) is 7.22. The second kappa shape index (κ2) is 6.05. The summed E-state index contributed by atoms with van der Waals surface area (Å²) in [5, 5.41) is 19.3. The van der Waals surface area contributed by atoms with Gasteiger partial charge >= 0.3 is 0 Å². The van der Waals surface area contributed by atoms with Crippen LogP contribution in [-0.4, -0.2) is 19.3 Å². The molecule has 122 valence electrons. The molecular weight excluding hydrogens is 308 g/mol. The van der Waals surface area contributed by atoms with Crippen LogP contribution < -0.4 is 19.9 Å². The summed E-state index contributed by atoms with van der Waals surface area (Å²) in [6.45, 7) is 0. The number of fused-ring (bicyclic) bond motifs is 1. The molecule has 0 saturated carbocycles. The van der Waals surface area contributed by atoms with Gasteiger partial charge in [-0.15, -0.1) is 0 Å². The van der Waals surface area contributed by atoms with Gasteiger partial charge in [0.1, 0.15) is 23.1 Å². The molecule has 3 rings (SSSR count). The smallest absolute Gasteiger partial charge is 0.205 e. The van der Waals surface area contributed by atoms with Crippen molar-refractivity contribution in [2.24, 2.45) is 5.73 Å². The van der Waals surface area contributed by atoms with Crippen molar-refractivity contribution in [3.8, 4) is 29.1 Å². The number of hydrogen-bond acceptors (Lipinski definition) is 6. The molecule has 0 aromatic heterocycles. The van der Waals surface area contributed by atoms with Crippen LogP contribution in [0, 0.1) is 11.3 Å². The maximum Gasteiger partial charge on any atom is 0.205 e. The van der Waals surface area contributed by atoms with Crippen molar-refractivity contribution in [3.63, 3.8) is 0 Å². The van der Waals surface area contributed by atoms with E-state index < -0.39 is 5.92 Å². The highest BCUT2D eigenvalue weighted by Gasteiger charge is 2.33. The summed E-state index contributed by atoms with van der Waals surface area (Å²) in [7, 11) is 3.09. The van der Waals surface area contributed by atoms with Crippen molar-refractivity contribution in [3.05, 3.63) is 59.0 Å². The van der Waals surface area contributed by atoms with Gasteiger partial charge in [0, 0.05) is 17.2 Å². The van der Waals surface area contributed by atoms with E-state index in [4.69, 9.17) is 19.9 Å². The normalized spacial score (nSPS) is 16.0. The van der Waals surface area contributed by atoms with E-state index in [2.05, 4.69) is 6.07 Å². The van der Waals surface area contributed by atoms with Crippen LogP contribution in [0.5, 0.6) is 23.0 Å². The van der Waals surface area contributed by atoms with Crippen molar-refractivity contribution in [2.75, 3.05) is 14.2 Å². The van der Waals surface area contributed by atoms with Crippen molar-refractivity contribution >= 4 is 0 Å². The van der Waals surface area contributed by atoms with E-state index in [0.717, 1.165) is 5.56 Å². The molecule has 0 spiro atoms. The molecule has 3 N–H and O–H groups in total. The van der Waals surface area contributed by atoms with Crippen molar-refractivity contribution in [1.29, 1.82) is 5.26 Å². The molecule has 0 aliphatic carbocycles. The summed E-state index contributed by atoms with van der Waals surface area (Å²) in [6.07, 6.45) is 0. The van der Waals surface area contributed by atoms with Crippen LogP contribution in [0.1, 0.15) is 17.0 Å². The van der Waals surface area contributed by atoms with Crippen LogP contribution in [0.3, 0.4) is 0 Å². The molecule has 24 heavy (non-hydrogen) atoms. The Balaban J connectivity index is 2.29. The number of nitrogens with two attached hydrogens (primary N) is 1. The zero-order valence-corrected chi connectivity index (χ0v) is 13.2. The van der Waals surface area contributed by atoms with Gasteiger partial charge in [-0.3, -0.25) is 0 Å². The summed E-state index contributed by atoms with van der Waals surface area (Å²) in [4.78, 5) is 0. The number of phenols is 1. The van der Waals surface area contributed by atoms with Crippen molar-refractivity contribution in [2.45, 2.75) is 5.92 Å². The Morgan fingerprint density at radius 3 is 2.62 bits per heavy atom. The molecule has 0 bridgehead atoms. The van der Waals surface area contributed by atoms with Gasteiger partial charge in [-0.2, -0.15) is 5.26 Å². The first-order valence-electron chi connectivity index (χ1n) is 7.22. The minimum Gasteiger partial charge on any atom is -0.508 e. The molecule has 0 saturated heterocycles. The SMILES string of the molecule is COc1cccc([C@H]2C(C#N)=C(N)Oc3cc(O)ccc32)c1OC. The van der Waals surface area contributed by atoms with Gasteiger partial charge in [-0.25, -0.2) is 0 Å². The van der Waals surface area contributed by atoms with Crippen LogP contribution in [-0.2, 0) is 0 Å². The molecule has 1 aliphatic heterocycles. The van der Waals surface area contributed by atoms with E-state index in [1.165, 1.54) is 13.2 Å². The average Bonchev–Trinajstić information content (AvgIpc) is 2.59. The number of allylic oxidation sites excluding steroid dienone is 1. The van der Waals surface area contributed by atoms with Crippen LogP contribution in [0.4, 0.5) is 0 Å². The number of nitriles is 1. The quantitative estimate of drug-likeness (QED) is 0.900. The number of para-hydroxylation sites is 1. The van der Waals surface area contributed by atoms with E-state index in [0.29, 0.717) is 22.8 Å². The van der Waals surface area contributed by atoms with Crippen molar-refractivity contribution in [1.82, 2.24) is 0 Å². The molecule has 6 nitrogen and oxygen atoms in total. The number of methoxy groups -OCH3 is 2. The Labute approximate surface area is 139 Å².